The quantitative estimate of drug-likeness (QED) is 0.290. The Labute approximate surface area is 192 Å². The Morgan fingerprint density at radius 3 is 2.22 bits per heavy atom. The number of amides is 1. The maximum absolute atomic E-state index is 12.4. The average molecular weight is 442 g/mol. The number of anilines is 1. The van der Waals surface area contributed by atoms with E-state index in [9.17, 15) is 4.79 Å². The Balaban J connectivity index is 1.29. The van der Waals surface area contributed by atoms with Gasteiger partial charge in [0.25, 0.3) is 5.91 Å². The average Bonchev–Trinajstić information content (AvgIpc) is 2.84. The molecule has 5 nitrogen and oxygen atoms in total. The SMILES string of the molecule is CC(Oc1ccc(-c2ccccc2)cc1)C(=O)NNC(=S)Nc1cccc2ccccc12. The van der Waals surface area contributed by atoms with Crippen LogP contribution in [-0.4, -0.2) is 17.1 Å². The van der Waals surface area contributed by atoms with E-state index in [4.69, 9.17) is 17.0 Å². The molecule has 32 heavy (non-hydrogen) atoms. The summed E-state index contributed by atoms with van der Waals surface area (Å²) in [7, 11) is 0. The molecular formula is C26H23N3O2S. The molecule has 0 spiro atoms. The minimum Gasteiger partial charge on any atom is -0.481 e. The Morgan fingerprint density at radius 1 is 0.781 bits per heavy atom. The second-order valence-electron chi connectivity index (χ2n) is 7.25. The Hall–Kier alpha value is -3.90. The summed E-state index contributed by atoms with van der Waals surface area (Å²) in [5, 5.41) is 5.55. The highest BCUT2D eigenvalue weighted by atomic mass is 32.1. The van der Waals surface area contributed by atoms with Crippen molar-refractivity contribution in [3.05, 3.63) is 97.1 Å². The van der Waals surface area contributed by atoms with Crippen LogP contribution >= 0.6 is 12.2 Å². The zero-order valence-electron chi connectivity index (χ0n) is 17.5. The first-order valence-corrected chi connectivity index (χ1v) is 10.7. The standard InChI is InChI=1S/C26H23N3O2S/c1-18(31-22-16-14-20(15-17-22)19-8-3-2-4-9-19)25(30)28-29-26(32)27-24-13-7-11-21-10-5-6-12-23(21)24/h2-18H,1H3,(H,28,30)(H2,27,29,32). The smallest absolute Gasteiger partial charge is 0.279 e. The van der Waals surface area contributed by atoms with Crippen molar-refractivity contribution in [3.63, 3.8) is 0 Å². The minimum atomic E-state index is -0.703. The van der Waals surface area contributed by atoms with Gasteiger partial charge in [0.2, 0.25) is 0 Å². The molecule has 0 saturated heterocycles. The number of carbonyl (C=O) groups excluding carboxylic acids is 1. The van der Waals surface area contributed by atoms with Gasteiger partial charge in [0.05, 0.1) is 0 Å². The van der Waals surface area contributed by atoms with Crippen molar-refractivity contribution in [2.24, 2.45) is 0 Å². The summed E-state index contributed by atoms with van der Waals surface area (Å²) in [5.74, 6) is 0.281. The molecule has 1 amide bonds. The summed E-state index contributed by atoms with van der Waals surface area (Å²) in [6.07, 6.45) is -0.703. The van der Waals surface area contributed by atoms with E-state index in [1.807, 2.05) is 97.1 Å². The number of hydrogen-bond donors (Lipinski definition) is 3. The van der Waals surface area contributed by atoms with E-state index >= 15 is 0 Å². The van der Waals surface area contributed by atoms with E-state index in [1.165, 1.54) is 0 Å². The predicted molar refractivity (Wildman–Crippen MR) is 133 cm³/mol. The first-order valence-electron chi connectivity index (χ1n) is 10.3. The van der Waals surface area contributed by atoms with Crippen LogP contribution in [0.15, 0.2) is 97.1 Å². The van der Waals surface area contributed by atoms with Gasteiger partial charge in [0.15, 0.2) is 11.2 Å². The summed E-state index contributed by atoms with van der Waals surface area (Å²) in [4.78, 5) is 12.4. The molecule has 4 aromatic carbocycles. The normalized spacial score (nSPS) is 11.4. The van der Waals surface area contributed by atoms with Crippen molar-refractivity contribution in [1.29, 1.82) is 0 Å². The number of nitrogens with one attached hydrogen (secondary N) is 3. The molecule has 4 rings (SSSR count). The Kier molecular flexibility index (Phi) is 6.63. The molecule has 0 fully saturated rings. The summed E-state index contributed by atoms with van der Waals surface area (Å²) in [6.45, 7) is 1.68. The molecule has 160 valence electrons. The van der Waals surface area contributed by atoms with Crippen molar-refractivity contribution in [1.82, 2.24) is 10.9 Å². The number of benzene rings is 4. The van der Waals surface area contributed by atoms with Crippen LogP contribution in [0.1, 0.15) is 6.92 Å². The van der Waals surface area contributed by atoms with Gasteiger partial charge in [-0.15, -0.1) is 0 Å². The molecule has 1 atom stereocenters. The second kappa shape index (κ2) is 9.94. The molecule has 0 aliphatic heterocycles. The summed E-state index contributed by atoms with van der Waals surface area (Å²) in [6, 6.07) is 31.6. The van der Waals surface area contributed by atoms with Crippen LogP contribution in [0.25, 0.3) is 21.9 Å². The van der Waals surface area contributed by atoms with E-state index in [-0.39, 0.29) is 11.0 Å². The van der Waals surface area contributed by atoms with Crippen LogP contribution in [0.2, 0.25) is 0 Å². The molecule has 0 heterocycles. The molecule has 0 aliphatic carbocycles. The van der Waals surface area contributed by atoms with Crippen LogP contribution < -0.4 is 20.9 Å². The van der Waals surface area contributed by atoms with Crippen molar-refractivity contribution in [3.8, 4) is 16.9 Å². The monoisotopic (exact) mass is 441 g/mol. The van der Waals surface area contributed by atoms with E-state index < -0.39 is 6.10 Å². The molecule has 3 N–H and O–H groups in total. The van der Waals surface area contributed by atoms with Gasteiger partial charge in [-0.3, -0.25) is 15.6 Å². The fourth-order valence-electron chi connectivity index (χ4n) is 3.32. The van der Waals surface area contributed by atoms with Gasteiger partial charge < -0.3 is 10.1 Å². The maximum Gasteiger partial charge on any atom is 0.279 e. The van der Waals surface area contributed by atoms with Gasteiger partial charge in [-0.05, 0) is 53.9 Å². The van der Waals surface area contributed by atoms with Gasteiger partial charge in [0.1, 0.15) is 5.75 Å². The molecule has 0 aromatic heterocycles. The predicted octanol–water partition coefficient (Wildman–Crippen LogP) is 5.29. The molecule has 0 radical (unpaired) electrons. The topological polar surface area (TPSA) is 62.4 Å². The van der Waals surface area contributed by atoms with Crippen LogP contribution in [0.3, 0.4) is 0 Å². The third-order valence-corrected chi connectivity index (χ3v) is 5.18. The molecule has 0 bridgehead atoms. The first kappa shape index (κ1) is 21.3. The number of hydrogen-bond acceptors (Lipinski definition) is 3. The lowest BCUT2D eigenvalue weighted by molar-refractivity contribution is -0.127. The Morgan fingerprint density at radius 2 is 1.44 bits per heavy atom. The van der Waals surface area contributed by atoms with Gasteiger partial charge >= 0.3 is 0 Å². The molecule has 0 aliphatic rings. The van der Waals surface area contributed by atoms with Crippen LogP contribution in [0.5, 0.6) is 5.75 Å². The van der Waals surface area contributed by atoms with Crippen molar-refractivity contribution >= 4 is 39.7 Å². The highest BCUT2D eigenvalue weighted by molar-refractivity contribution is 7.80. The molecular weight excluding hydrogens is 418 g/mol. The van der Waals surface area contributed by atoms with E-state index in [2.05, 4.69) is 16.2 Å². The van der Waals surface area contributed by atoms with Crippen molar-refractivity contribution < 1.29 is 9.53 Å². The number of thiocarbonyl (C=S) groups is 1. The zero-order valence-corrected chi connectivity index (χ0v) is 18.4. The highest BCUT2D eigenvalue weighted by Gasteiger charge is 2.15. The third kappa shape index (κ3) is 5.22. The number of fused-ring (bicyclic) bond motifs is 1. The largest absolute Gasteiger partial charge is 0.481 e. The van der Waals surface area contributed by atoms with Gasteiger partial charge in [-0.25, -0.2) is 0 Å². The summed E-state index contributed by atoms with van der Waals surface area (Å²) < 4.78 is 5.76. The molecule has 6 heteroatoms. The fourth-order valence-corrected chi connectivity index (χ4v) is 3.48. The molecule has 4 aromatic rings. The van der Waals surface area contributed by atoms with Crippen LogP contribution in [-0.2, 0) is 4.79 Å². The van der Waals surface area contributed by atoms with Gasteiger partial charge in [0, 0.05) is 11.1 Å². The highest BCUT2D eigenvalue weighted by Crippen LogP contribution is 2.23. The number of carbonyl (C=O) groups is 1. The number of hydrazine groups is 1. The lowest BCUT2D eigenvalue weighted by atomic mass is 10.1. The number of rotatable bonds is 5. The zero-order chi connectivity index (χ0) is 22.3. The summed E-state index contributed by atoms with van der Waals surface area (Å²) in [5.41, 5.74) is 8.39. The lowest BCUT2D eigenvalue weighted by Gasteiger charge is -2.17. The van der Waals surface area contributed by atoms with E-state index in [0.717, 1.165) is 27.6 Å². The number of ether oxygens (including phenoxy) is 1. The summed E-state index contributed by atoms with van der Waals surface area (Å²) >= 11 is 5.32. The van der Waals surface area contributed by atoms with Gasteiger partial charge in [-0.1, -0.05) is 78.9 Å². The fraction of sp³-hybridized carbons (Fsp3) is 0.0769. The van der Waals surface area contributed by atoms with E-state index in [1.54, 1.807) is 6.92 Å². The molecule has 0 saturated carbocycles. The minimum absolute atomic E-state index is 0.286. The van der Waals surface area contributed by atoms with Gasteiger partial charge in [-0.2, -0.15) is 0 Å². The first-order chi connectivity index (χ1) is 15.6. The van der Waals surface area contributed by atoms with Crippen LogP contribution in [0, 0.1) is 0 Å². The van der Waals surface area contributed by atoms with Crippen molar-refractivity contribution in [2.45, 2.75) is 13.0 Å². The van der Waals surface area contributed by atoms with Crippen LogP contribution in [0.4, 0.5) is 5.69 Å². The lowest BCUT2D eigenvalue weighted by Crippen LogP contribution is -2.48. The Bertz CT molecular complexity index is 1220. The second-order valence-corrected chi connectivity index (χ2v) is 7.65. The maximum atomic E-state index is 12.4. The molecule has 1 unspecified atom stereocenters. The third-order valence-electron chi connectivity index (χ3n) is 4.98. The van der Waals surface area contributed by atoms with E-state index in [0.29, 0.717) is 5.75 Å². The van der Waals surface area contributed by atoms with Crippen molar-refractivity contribution in [2.75, 3.05) is 5.32 Å².